The van der Waals surface area contributed by atoms with Crippen molar-refractivity contribution >= 4 is 17.3 Å². The van der Waals surface area contributed by atoms with E-state index >= 15 is 0 Å². The molecule has 6 heteroatoms. The van der Waals surface area contributed by atoms with Gasteiger partial charge in [-0.25, -0.2) is 9.78 Å². The van der Waals surface area contributed by atoms with Crippen molar-refractivity contribution in [1.82, 2.24) is 4.98 Å². The van der Waals surface area contributed by atoms with Crippen molar-refractivity contribution in [2.75, 3.05) is 20.3 Å². The SMILES string of the molecule is COC(=O)c1nc(-c2ccc3c(c2)OCCCO3)sc1C. The van der Waals surface area contributed by atoms with Gasteiger partial charge < -0.3 is 14.2 Å². The molecule has 0 saturated heterocycles. The maximum atomic E-state index is 11.6. The lowest BCUT2D eigenvalue weighted by atomic mass is 10.2. The molecular formula is C15H15NO4S. The zero-order valence-electron chi connectivity index (χ0n) is 11.8. The molecule has 21 heavy (non-hydrogen) atoms. The lowest BCUT2D eigenvalue weighted by Gasteiger charge is -2.07. The van der Waals surface area contributed by atoms with E-state index in [0.29, 0.717) is 18.9 Å². The summed E-state index contributed by atoms with van der Waals surface area (Å²) in [5.74, 6) is 1.06. The van der Waals surface area contributed by atoms with Crippen molar-refractivity contribution in [3.05, 3.63) is 28.8 Å². The van der Waals surface area contributed by atoms with E-state index in [-0.39, 0.29) is 0 Å². The summed E-state index contributed by atoms with van der Waals surface area (Å²) < 4.78 is 16.0. The molecule has 1 aliphatic heterocycles. The van der Waals surface area contributed by atoms with Crippen LogP contribution < -0.4 is 9.47 Å². The van der Waals surface area contributed by atoms with Gasteiger partial charge in [-0.05, 0) is 25.1 Å². The first kappa shape index (κ1) is 13.9. The molecule has 0 radical (unpaired) electrons. The second-order valence-electron chi connectivity index (χ2n) is 4.63. The first-order chi connectivity index (χ1) is 10.2. The lowest BCUT2D eigenvalue weighted by Crippen LogP contribution is -2.03. The number of fused-ring (bicyclic) bond motifs is 1. The highest BCUT2D eigenvalue weighted by atomic mass is 32.1. The molecule has 0 saturated carbocycles. The monoisotopic (exact) mass is 305 g/mol. The van der Waals surface area contributed by atoms with E-state index < -0.39 is 5.97 Å². The van der Waals surface area contributed by atoms with Crippen LogP contribution in [0.25, 0.3) is 10.6 Å². The Kier molecular flexibility index (Phi) is 3.79. The van der Waals surface area contributed by atoms with E-state index in [1.807, 2.05) is 25.1 Å². The third-order valence-corrected chi connectivity index (χ3v) is 4.19. The van der Waals surface area contributed by atoms with Crippen molar-refractivity contribution in [2.24, 2.45) is 0 Å². The lowest BCUT2D eigenvalue weighted by molar-refractivity contribution is 0.0594. The number of methoxy groups -OCH3 is 1. The predicted octanol–water partition coefficient (Wildman–Crippen LogP) is 3.07. The van der Waals surface area contributed by atoms with Crippen LogP contribution in [0.5, 0.6) is 11.5 Å². The molecule has 0 spiro atoms. The van der Waals surface area contributed by atoms with Gasteiger partial charge in [-0.2, -0.15) is 0 Å². The van der Waals surface area contributed by atoms with Crippen LogP contribution in [0.4, 0.5) is 0 Å². The predicted molar refractivity (Wildman–Crippen MR) is 79.2 cm³/mol. The van der Waals surface area contributed by atoms with Gasteiger partial charge in [0.05, 0.1) is 20.3 Å². The summed E-state index contributed by atoms with van der Waals surface area (Å²) in [6, 6.07) is 5.71. The van der Waals surface area contributed by atoms with Gasteiger partial charge in [0.2, 0.25) is 0 Å². The van der Waals surface area contributed by atoms with Crippen LogP contribution in [-0.4, -0.2) is 31.3 Å². The van der Waals surface area contributed by atoms with Crippen molar-refractivity contribution in [3.8, 4) is 22.1 Å². The number of benzene rings is 1. The number of carbonyl (C=O) groups excluding carboxylic acids is 1. The molecule has 0 aliphatic carbocycles. The molecule has 2 heterocycles. The number of rotatable bonds is 2. The standard InChI is InChI=1S/C15H15NO4S/c1-9-13(15(17)18-2)16-14(21-9)10-4-5-11-12(8-10)20-7-3-6-19-11/h4-5,8H,3,6-7H2,1-2H3. The average Bonchev–Trinajstić information content (AvgIpc) is 2.74. The number of aryl methyl sites for hydroxylation is 1. The van der Waals surface area contributed by atoms with Crippen molar-refractivity contribution in [1.29, 1.82) is 0 Å². The fraction of sp³-hybridized carbons (Fsp3) is 0.333. The van der Waals surface area contributed by atoms with Crippen molar-refractivity contribution < 1.29 is 19.0 Å². The molecule has 0 bridgehead atoms. The van der Waals surface area contributed by atoms with Gasteiger partial charge in [-0.15, -0.1) is 11.3 Å². The van der Waals surface area contributed by atoms with Crippen molar-refractivity contribution in [2.45, 2.75) is 13.3 Å². The Balaban J connectivity index is 1.97. The molecule has 0 unspecified atom stereocenters. The molecule has 0 atom stereocenters. The second kappa shape index (κ2) is 5.73. The minimum atomic E-state index is -0.413. The zero-order valence-corrected chi connectivity index (χ0v) is 12.7. The molecule has 2 aromatic rings. The fourth-order valence-electron chi connectivity index (χ4n) is 2.10. The molecule has 0 N–H and O–H groups in total. The number of thiazole rings is 1. The maximum absolute atomic E-state index is 11.6. The van der Waals surface area contributed by atoms with Crippen LogP contribution in [0.1, 0.15) is 21.8 Å². The fourth-order valence-corrected chi connectivity index (χ4v) is 3.00. The van der Waals surface area contributed by atoms with Crippen LogP contribution in [-0.2, 0) is 4.74 Å². The van der Waals surface area contributed by atoms with Crippen molar-refractivity contribution in [3.63, 3.8) is 0 Å². The van der Waals surface area contributed by atoms with Gasteiger partial charge in [0, 0.05) is 16.9 Å². The molecule has 1 aliphatic rings. The van der Waals surface area contributed by atoms with Gasteiger partial charge in [-0.3, -0.25) is 0 Å². The molecular weight excluding hydrogens is 290 g/mol. The summed E-state index contributed by atoms with van der Waals surface area (Å²) in [5.41, 5.74) is 1.27. The smallest absolute Gasteiger partial charge is 0.357 e. The van der Waals surface area contributed by atoms with Gasteiger partial charge >= 0.3 is 5.97 Å². The van der Waals surface area contributed by atoms with E-state index in [0.717, 1.165) is 33.4 Å². The molecule has 5 nitrogen and oxygen atoms in total. The highest BCUT2D eigenvalue weighted by Crippen LogP contribution is 2.36. The van der Waals surface area contributed by atoms with Crippen LogP contribution in [0.2, 0.25) is 0 Å². The second-order valence-corrected chi connectivity index (χ2v) is 5.83. The van der Waals surface area contributed by atoms with Crippen LogP contribution in [0.3, 0.4) is 0 Å². The van der Waals surface area contributed by atoms with E-state index in [9.17, 15) is 4.79 Å². The number of nitrogens with zero attached hydrogens (tertiary/aromatic N) is 1. The number of aromatic nitrogens is 1. The third kappa shape index (κ3) is 2.71. The van der Waals surface area contributed by atoms with Gasteiger partial charge in [-0.1, -0.05) is 0 Å². The Morgan fingerprint density at radius 1 is 1.29 bits per heavy atom. The van der Waals surface area contributed by atoms with Gasteiger partial charge in [0.15, 0.2) is 17.2 Å². The first-order valence-corrected chi connectivity index (χ1v) is 7.46. The Hall–Kier alpha value is -2.08. The number of hydrogen-bond donors (Lipinski definition) is 0. The highest BCUT2D eigenvalue weighted by Gasteiger charge is 2.18. The molecule has 3 rings (SSSR count). The molecule has 110 valence electrons. The number of esters is 1. The average molecular weight is 305 g/mol. The van der Waals surface area contributed by atoms with Crippen LogP contribution in [0.15, 0.2) is 18.2 Å². The normalized spacial score (nSPS) is 13.6. The Morgan fingerprint density at radius 3 is 2.81 bits per heavy atom. The van der Waals surface area contributed by atoms with E-state index in [1.165, 1.54) is 18.4 Å². The van der Waals surface area contributed by atoms with E-state index in [4.69, 9.17) is 14.2 Å². The van der Waals surface area contributed by atoms with Crippen LogP contribution >= 0.6 is 11.3 Å². The summed E-state index contributed by atoms with van der Waals surface area (Å²) in [4.78, 5) is 16.8. The van der Waals surface area contributed by atoms with Gasteiger partial charge in [0.25, 0.3) is 0 Å². The third-order valence-electron chi connectivity index (χ3n) is 3.17. The number of hydrogen-bond acceptors (Lipinski definition) is 6. The largest absolute Gasteiger partial charge is 0.490 e. The minimum absolute atomic E-state index is 0.365. The maximum Gasteiger partial charge on any atom is 0.357 e. The molecule has 0 amide bonds. The zero-order chi connectivity index (χ0) is 14.8. The molecule has 1 aromatic heterocycles. The summed E-state index contributed by atoms with van der Waals surface area (Å²) in [7, 11) is 1.36. The quantitative estimate of drug-likeness (QED) is 0.798. The molecule has 1 aromatic carbocycles. The van der Waals surface area contributed by atoms with Gasteiger partial charge in [0.1, 0.15) is 5.01 Å². The first-order valence-electron chi connectivity index (χ1n) is 6.65. The Labute approximate surface area is 126 Å². The highest BCUT2D eigenvalue weighted by molar-refractivity contribution is 7.15. The Morgan fingerprint density at radius 2 is 2.05 bits per heavy atom. The van der Waals surface area contributed by atoms with E-state index in [2.05, 4.69) is 4.98 Å². The van der Waals surface area contributed by atoms with Crippen LogP contribution in [0, 0.1) is 6.92 Å². The summed E-state index contributed by atoms with van der Waals surface area (Å²) in [6.07, 6.45) is 0.868. The topological polar surface area (TPSA) is 57.7 Å². The Bertz CT molecular complexity index is 680. The number of carbonyl (C=O) groups is 1. The molecule has 0 fully saturated rings. The summed E-state index contributed by atoms with van der Waals surface area (Å²) >= 11 is 1.46. The van der Waals surface area contributed by atoms with E-state index in [1.54, 1.807) is 0 Å². The number of ether oxygens (including phenoxy) is 3. The summed E-state index contributed by atoms with van der Waals surface area (Å²) in [6.45, 7) is 3.16. The summed E-state index contributed by atoms with van der Waals surface area (Å²) in [5, 5.41) is 0.767. The minimum Gasteiger partial charge on any atom is -0.490 e.